The number of aromatic nitrogens is 4. The van der Waals surface area contributed by atoms with Gasteiger partial charge in [0.05, 0.1) is 21.4 Å². The van der Waals surface area contributed by atoms with Gasteiger partial charge in [-0.2, -0.15) is 0 Å². The molecule has 0 saturated heterocycles. The number of thiophene rings is 1. The third-order valence-corrected chi connectivity index (χ3v) is 6.09. The summed E-state index contributed by atoms with van der Waals surface area (Å²) in [5.74, 6) is 2.19. The normalized spacial score (nSPS) is 11.6. The lowest BCUT2D eigenvalue weighted by Crippen LogP contribution is -1.94. The molecule has 0 spiro atoms. The maximum atomic E-state index is 5.85. The number of thioether (sulfide) groups is 1. The lowest BCUT2D eigenvalue weighted by Gasteiger charge is -2.01. The average Bonchev–Trinajstić information content (AvgIpc) is 3.35. The monoisotopic (exact) mass is 378 g/mol. The van der Waals surface area contributed by atoms with Crippen LogP contribution in [0.3, 0.4) is 0 Å². The van der Waals surface area contributed by atoms with E-state index in [2.05, 4.69) is 37.1 Å². The molecular formula is C19H14N4OS2. The first-order valence-corrected chi connectivity index (χ1v) is 10.0. The Balaban J connectivity index is 1.45. The van der Waals surface area contributed by atoms with Crippen molar-refractivity contribution in [2.75, 3.05) is 0 Å². The Bertz CT molecular complexity index is 1210. The molecule has 26 heavy (non-hydrogen) atoms. The van der Waals surface area contributed by atoms with E-state index in [9.17, 15) is 0 Å². The van der Waals surface area contributed by atoms with Crippen LogP contribution in [0.5, 0.6) is 0 Å². The average molecular weight is 378 g/mol. The minimum absolute atomic E-state index is 0.659. The second-order valence-electron chi connectivity index (χ2n) is 5.88. The largest absolute Gasteiger partial charge is 0.441 e. The molecule has 0 atom stereocenters. The first kappa shape index (κ1) is 15.6. The standard InChI is InChI=1S/C19H14N4OS2/c1-12-14(21-18(24-12)13-5-3-2-4-6-13)10-26-19-16-9-17-15(7-8-25-17)23(16)11-20-22-19/h2-9,11H,10H2,1H3. The summed E-state index contributed by atoms with van der Waals surface area (Å²) in [5, 5.41) is 11.5. The molecule has 0 N–H and O–H groups in total. The summed E-state index contributed by atoms with van der Waals surface area (Å²) in [7, 11) is 0. The van der Waals surface area contributed by atoms with E-state index in [1.54, 1.807) is 29.4 Å². The summed E-state index contributed by atoms with van der Waals surface area (Å²) in [4.78, 5) is 4.67. The maximum Gasteiger partial charge on any atom is 0.226 e. The number of aryl methyl sites for hydroxylation is 1. The first-order chi connectivity index (χ1) is 12.8. The van der Waals surface area contributed by atoms with Gasteiger partial charge in [-0.15, -0.1) is 21.5 Å². The quantitative estimate of drug-likeness (QED) is 0.402. The Hall–Kier alpha value is -2.64. The number of nitrogens with zero attached hydrogens (tertiary/aromatic N) is 4. The van der Waals surface area contributed by atoms with E-state index in [4.69, 9.17) is 4.42 Å². The van der Waals surface area contributed by atoms with Crippen molar-refractivity contribution in [3.63, 3.8) is 0 Å². The fourth-order valence-electron chi connectivity index (χ4n) is 2.92. The van der Waals surface area contributed by atoms with Crippen LogP contribution in [0, 0.1) is 6.92 Å². The van der Waals surface area contributed by atoms with Gasteiger partial charge in [0, 0.05) is 11.3 Å². The van der Waals surface area contributed by atoms with Gasteiger partial charge in [0.2, 0.25) is 5.89 Å². The topological polar surface area (TPSA) is 56.2 Å². The van der Waals surface area contributed by atoms with Gasteiger partial charge in [0.25, 0.3) is 0 Å². The highest BCUT2D eigenvalue weighted by Crippen LogP contribution is 2.32. The molecule has 0 bridgehead atoms. The van der Waals surface area contributed by atoms with Crippen LogP contribution in [-0.4, -0.2) is 19.6 Å². The molecule has 0 radical (unpaired) electrons. The molecular weight excluding hydrogens is 364 g/mol. The van der Waals surface area contributed by atoms with Gasteiger partial charge in [-0.3, -0.25) is 4.40 Å². The third kappa shape index (κ3) is 2.60. The molecule has 128 valence electrons. The molecule has 0 aliphatic carbocycles. The Morgan fingerprint density at radius 3 is 2.92 bits per heavy atom. The minimum Gasteiger partial charge on any atom is -0.441 e. The van der Waals surface area contributed by atoms with E-state index >= 15 is 0 Å². The van der Waals surface area contributed by atoms with E-state index in [0.29, 0.717) is 11.6 Å². The van der Waals surface area contributed by atoms with Gasteiger partial charge in [0.1, 0.15) is 17.1 Å². The summed E-state index contributed by atoms with van der Waals surface area (Å²) < 4.78 is 9.18. The first-order valence-electron chi connectivity index (χ1n) is 8.14. The van der Waals surface area contributed by atoms with Gasteiger partial charge < -0.3 is 4.42 Å². The van der Waals surface area contributed by atoms with Gasteiger partial charge in [-0.1, -0.05) is 30.0 Å². The molecule has 1 aromatic carbocycles. The van der Waals surface area contributed by atoms with E-state index in [1.807, 2.05) is 37.3 Å². The smallest absolute Gasteiger partial charge is 0.226 e. The molecule has 0 amide bonds. The molecule has 5 nitrogen and oxygen atoms in total. The second-order valence-corrected chi connectivity index (χ2v) is 7.79. The second kappa shape index (κ2) is 6.26. The van der Waals surface area contributed by atoms with Crippen LogP contribution in [0.1, 0.15) is 11.5 Å². The van der Waals surface area contributed by atoms with E-state index < -0.39 is 0 Å². The van der Waals surface area contributed by atoms with Crippen molar-refractivity contribution in [2.45, 2.75) is 17.7 Å². The summed E-state index contributed by atoms with van der Waals surface area (Å²) in [6, 6.07) is 14.2. The van der Waals surface area contributed by atoms with Crippen LogP contribution >= 0.6 is 23.1 Å². The molecule has 0 unspecified atom stereocenters. The number of benzene rings is 1. The van der Waals surface area contributed by atoms with E-state index in [-0.39, 0.29) is 0 Å². The predicted octanol–water partition coefficient (Wildman–Crippen LogP) is 5.20. The zero-order valence-corrected chi connectivity index (χ0v) is 15.5. The fourth-order valence-corrected chi connectivity index (χ4v) is 4.68. The molecule has 5 rings (SSSR count). The highest BCUT2D eigenvalue weighted by molar-refractivity contribution is 7.98. The summed E-state index contributed by atoms with van der Waals surface area (Å²) in [6.07, 6.45) is 1.77. The zero-order chi connectivity index (χ0) is 17.5. The molecule has 4 heterocycles. The van der Waals surface area contributed by atoms with Crippen molar-refractivity contribution in [3.8, 4) is 11.5 Å². The van der Waals surface area contributed by atoms with Crippen molar-refractivity contribution in [2.24, 2.45) is 0 Å². The van der Waals surface area contributed by atoms with Crippen molar-refractivity contribution < 1.29 is 4.42 Å². The van der Waals surface area contributed by atoms with Crippen LogP contribution in [0.15, 0.2) is 63.6 Å². The number of hydrogen-bond acceptors (Lipinski definition) is 6. The minimum atomic E-state index is 0.659. The number of fused-ring (bicyclic) bond motifs is 3. The van der Waals surface area contributed by atoms with Crippen molar-refractivity contribution in [3.05, 3.63) is 65.6 Å². The van der Waals surface area contributed by atoms with Gasteiger partial charge in [-0.25, -0.2) is 4.98 Å². The van der Waals surface area contributed by atoms with E-state index in [0.717, 1.165) is 27.6 Å². The van der Waals surface area contributed by atoms with Crippen LogP contribution in [-0.2, 0) is 5.75 Å². The Morgan fingerprint density at radius 2 is 2.04 bits per heavy atom. The van der Waals surface area contributed by atoms with Crippen LogP contribution in [0.2, 0.25) is 0 Å². The van der Waals surface area contributed by atoms with Crippen molar-refractivity contribution >= 4 is 38.8 Å². The lowest BCUT2D eigenvalue weighted by molar-refractivity contribution is 0.540. The third-order valence-electron chi connectivity index (χ3n) is 4.25. The predicted molar refractivity (Wildman–Crippen MR) is 105 cm³/mol. The number of hydrogen-bond donors (Lipinski definition) is 0. The lowest BCUT2D eigenvalue weighted by atomic mass is 10.2. The van der Waals surface area contributed by atoms with E-state index in [1.165, 1.54) is 10.2 Å². The summed E-state index contributed by atoms with van der Waals surface area (Å²) in [6.45, 7) is 1.95. The van der Waals surface area contributed by atoms with Crippen LogP contribution in [0.25, 0.3) is 27.2 Å². The summed E-state index contributed by atoms with van der Waals surface area (Å²) in [5.41, 5.74) is 4.17. The van der Waals surface area contributed by atoms with Gasteiger partial charge >= 0.3 is 0 Å². The highest BCUT2D eigenvalue weighted by atomic mass is 32.2. The Morgan fingerprint density at radius 1 is 1.15 bits per heavy atom. The molecule has 0 saturated carbocycles. The molecule has 0 aliphatic rings. The molecule has 0 aliphatic heterocycles. The van der Waals surface area contributed by atoms with Crippen LogP contribution < -0.4 is 0 Å². The zero-order valence-electron chi connectivity index (χ0n) is 13.9. The SMILES string of the molecule is Cc1oc(-c2ccccc2)nc1CSc1nncn2c1cc1sccc12. The Labute approximate surface area is 157 Å². The molecule has 5 aromatic rings. The fraction of sp³-hybridized carbons (Fsp3) is 0.105. The highest BCUT2D eigenvalue weighted by Gasteiger charge is 2.14. The molecule has 7 heteroatoms. The van der Waals surface area contributed by atoms with Crippen molar-refractivity contribution in [1.82, 2.24) is 19.6 Å². The van der Waals surface area contributed by atoms with Gasteiger partial charge in [0.15, 0.2) is 0 Å². The number of rotatable bonds is 4. The Kier molecular flexibility index (Phi) is 3.76. The van der Waals surface area contributed by atoms with Crippen LogP contribution in [0.4, 0.5) is 0 Å². The number of oxazole rings is 1. The maximum absolute atomic E-state index is 5.85. The van der Waals surface area contributed by atoms with Crippen molar-refractivity contribution in [1.29, 1.82) is 0 Å². The molecule has 0 fully saturated rings. The molecule has 4 aromatic heterocycles. The van der Waals surface area contributed by atoms with Gasteiger partial charge in [-0.05, 0) is 36.6 Å². The summed E-state index contributed by atoms with van der Waals surface area (Å²) >= 11 is 3.36.